The number of nitrogens with one attached hydrogen (secondary N) is 1. The van der Waals surface area contributed by atoms with Crippen LogP contribution in [0.3, 0.4) is 0 Å². The summed E-state index contributed by atoms with van der Waals surface area (Å²) in [5.41, 5.74) is 2.94. The second-order valence-electron chi connectivity index (χ2n) is 4.66. The first-order chi connectivity index (χ1) is 9.65. The number of rotatable bonds is 2. The molecule has 0 fully saturated rings. The van der Waals surface area contributed by atoms with E-state index in [1.165, 1.54) is 0 Å². The van der Waals surface area contributed by atoms with Crippen LogP contribution in [0.1, 0.15) is 11.1 Å². The van der Waals surface area contributed by atoms with Gasteiger partial charge >= 0.3 is 0 Å². The molecule has 0 radical (unpaired) electrons. The smallest absolute Gasteiger partial charge is 0.198 e. The number of H-pyrrole nitrogens is 1. The molecule has 4 nitrogen and oxygen atoms in total. The molecule has 1 heterocycles. The maximum atomic E-state index is 9.91. The van der Waals surface area contributed by atoms with E-state index in [4.69, 9.17) is 0 Å². The van der Waals surface area contributed by atoms with Crippen LogP contribution in [0.25, 0.3) is 10.9 Å². The number of phenols is 1. The number of aromatic amines is 1. The number of hydrogen-bond donors (Lipinski definition) is 3. The van der Waals surface area contributed by atoms with Gasteiger partial charge in [-0.25, -0.2) is 0 Å². The van der Waals surface area contributed by atoms with Crippen molar-refractivity contribution < 1.29 is 10.2 Å². The molecule has 0 aliphatic rings. The highest BCUT2D eigenvalue weighted by Gasteiger charge is 2.07. The molecule has 0 bridgehead atoms. The highest BCUT2D eigenvalue weighted by molar-refractivity contribution is 6.02. The number of hydrogen-bond acceptors (Lipinski definition) is 3. The van der Waals surface area contributed by atoms with Gasteiger partial charge in [0.1, 0.15) is 5.75 Å². The Bertz CT molecular complexity index is 803. The lowest BCUT2D eigenvalue weighted by Crippen LogP contribution is -1.79. The minimum Gasteiger partial charge on any atom is -0.508 e. The highest BCUT2D eigenvalue weighted by Crippen LogP contribution is 2.27. The second-order valence-corrected chi connectivity index (χ2v) is 4.66. The van der Waals surface area contributed by atoms with Gasteiger partial charge in [-0.1, -0.05) is 24.3 Å². The highest BCUT2D eigenvalue weighted by atomic mass is 16.3. The standard InChI is InChI=1S/C16H14N2O2/c1-10-6-7-11(8-15(10)19)17-9-13-12-4-2-3-5-14(12)18-16(13)20/h2-9,18-20H,1H3. The van der Waals surface area contributed by atoms with Crippen molar-refractivity contribution in [2.45, 2.75) is 6.92 Å². The van der Waals surface area contributed by atoms with Crippen molar-refractivity contribution in [3.05, 3.63) is 53.6 Å². The van der Waals surface area contributed by atoms with Crippen LogP contribution in [0.5, 0.6) is 11.6 Å². The molecule has 0 unspecified atom stereocenters. The Balaban J connectivity index is 2.02. The number of para-hydroxylation sites is 1. The molecule has 0 spiro atoms. The summed E-state index contributed by atoms with van der Waals surface area (Å²) in [7, 11) is 0. The van der Waals surface area contributed by atoms with E-state index in [1.54, 1.807) is 18.3 Å². The van der Waals surface area contributed by atoms with Crippen molar-refractivity contribution in [3.8, 4) is 11.6 Å². The van der Waals surface area contributed by atoms with Gasteiger partial charge in [-0.05, 0) is 24.6 Å². The summed E-state index contributed by atoms with van der Waals surface area (Å²) in [6.07, 6.45) is 1.60. The van der Waals surface area contributed by atoms with E-state index in [0.29, 0.717) is 11.3 Å². The number of benzene rings is 2. The third-order valence-electron chi connectivity index (χ3n) is 3.26. The zero-order valence-electron chi connectivity index (χ0n) is 11.0. The fraction of sp³-hybridized carbons (Fsp3) is 0.0625. The summed E-state index contributed by atoms with van der Waals surface area (Å²) in [5, 5.41) is 20.5. The first-order valence-corrected chi connectivity index (χ1v) is 6.28. The molecule has 3 aromatic rings. The van der Waals surface area contributed by atoms with Crippen LogP contribution in [0.15, 0.2) is 47.5 Å². The quantitative estimate of drug-likeness (QED) is 0.620. The summed E-state index contributed by atoms with van der Waals surface area (Å²) >= 11 is 0. The molecular weight excluding hydrogens is 252 g/mol. The van der Waals surface area contributed by atoms with E-state index in [1.807, 2.05) is 37.3 Å². The summed E-state index contributed by atoms with van der Waals surface area (Å²) in [6.45, 7) is 1.83. The minimum absolute atomic E-state index is 0.0892. The number of aromatic nitrogens is 1. The van der Waals surface area contributed by atoms with Crippen molar-refractivity contribution in [1.82, 2.24) is 4.98 Å². The average Bonchev–Trinajstić information content (AvgIpc) is 2.76. The van der Waals surface area contributed by atoms with E-state index in [9.17, 15) is 10.2 Å². The number of aromatic hydroxyl groups is 2. The van der Waals surface area contributed by atoms with Gasteiger partial charge in [0.2, 0.25) is 0 Å². The Morgan fingerprint density at radius 3 is 2.70 bits per heavy atom. The van der Waals surface area contributed by atoms with E-state index >= 15 is 0 Å². The summed E-state index contributed by atoms with van der Waals surface area (Å²) in [5.74, 6) is 0.300. The van der Waals surface area contributed by atoms with Crippen LogP contribution < -0.4 is 0 Å². The number of phenolic OH excluding ortho intramolecular Hbond substituents is 1. The topological polar surface area (TPSA) is 68.6 Å². The van der Waals surface area contributed by atoms with Crippen LogP contribution in [0.2, 0.25) is 0 Å². The fourth-order valence-electron chi connectivity index (χ4n) is 2.10. The SMILES string of the molecule is Cc1ccc(N=Cc2c(O)[nH]c3ccccc23)cc1O. The van der Waals surface area contributed by atoms with Crippen molar-refractivity contribution in [3.63, 3.8) is 0 Å². The van der Waals surface area contributed by atoms with Gasteiger partial charge in [0.25, 0.3) is 0 Å². The molecule has 0 atom stereocenters. The van der Waals surface area contributed by atoms with Crippen molar-refractivity contribution >= 4 is 22.8 Å². The second kappa shape index (κ2) is 4.74. The zero-order chi connectivity index (χ0) is 14.1. The van der Waals surface area contributed by atoms with Crippen molar-refractivity contribution in [1.29, 1.82) is 0 Å². The Hall–Kier alpha value is -2.75. The van der Waals surface area contributed by atoms with Gasteiger partial charge in [0, 0.05) is 23.2 Å². The van der Waals surface area contributed by atoms with Gasteiger partial charge in [0.15, 0.2) is 5.88 Å². The van der Waals surface area contributed by atoms with Gasteiger partial charge in [-0.15, -0.1) is 0 Å². The number of fused-ring (bicyclic) bond motifs is 1. The summed E-state index contributed by atoms with van der Waals surface area (Å²) in [4.78, 5) is 7.20. The van der Waals surface area contributed by atoms with Crippen LogP contribution in [-0.2, 0) is 0 Å². The van der Waals surface area contributed by atoms with E-state index < -0.39 is 0 Å². The largest absolute Gasteiger partial charge is 0.508 e. The van der Waals surface area contributed by atoms with E-state index in [2.05, 4.69) is 9.98 Å². The normalized spacial score (nSPS) is 11.4. The predicted octanol–water partition coefficient (Wildman–Crippen LogP) is 3.64. The number of aryl methyl sites for hydroxylation is 1. The maximum Gasteiger partial charge on any atom is 0.198 e. The number of nitrogens with zero attached hydrogens (tertiary/aromatic N) is 1. The van der Waals surface area contributed by atoms with Crippen molar-refractivity contribution in [2.24, 2.45) is 4.99 Å². The zero-order valence-corrected chi connectivity index (χ0v) is 11.0. The Kier molecular flexibility index (Phi) is 2.91. The van der Waals surface area contributed by atoms with Gasteiger partial charge in [-0.2, -0.15) is 0 Å². The molecule has 2 aromatic carbocycles. The summed E-state index contributed by atoms with van der Waals surface area (Å²) in [6, 6.07) is 12.8. The lowest BCUT2D eigenvalue weighted by atomic mass is 10.2. The molecule has 20 heavy (non-hydrogen) atoms. The average molecular weight is 266 g/mol. The molecule has 0 aliphatic carbocycles. The van der Waals surface area contributed by atoms with Crippen LogP contribution in [0, 0.1) is 6.92 Å². The first-order valence-electron chi connectivity index (χ1n) is 6.28. The van der Waals surface area contributed by atoms with E-state index in [-0.39, 0.29) is 11.6 Å². The lowest BCUT2D eigenvalue weighted by molar-refractivity contribution is 0.457. The molecule has 3 N–H and O–H groups in total. The third kappa shape index (κ3) is 2.12. The Labute approximate surface area is 116 Å². The van der Waals surface area contributed by atoms with Crippen molar-refractivity contribution in [2.75, 3.05) is 0 Å². The summed E-state index contributed by atoms with van der Waals surface area (Å²) < 4.78 is 0. The lowest BCUT2D eigenvalue weighted by Gasteiger charge is -1.99. The Morgan fingerprint density at radius 2 is 1.90 bits per heavy atom. The van der Waals surface area contributed by atoms with Gasteiger partial charge in [0.05, 0.1) is 11.3 Å². The monoisotopic (exact) mass is 266 g/mol. The fourth-order valence-corrected chi connectivity index (χ4v) is 2.10. The Morgan fingerprint density at radius 1 is 1.10 bits per heavy atom. The first kappa shape index (κ1) is 12.3. The molecule has 3 rings (SSSR count). The third-order valence-corrected chi connectivity index (χ3v) is 3.26. The molecule has 1 aromatic heterocycles. The van der Waals surface area contributed by atoms with Crippen LogP contribution in [-0.4, -0.2) is 21.4 Å². The number of aliphatic imine (C=N–C) groups is 1. The van der Waals surface area contributed by atoms with Gasteiger partial charge < -0.3 is 15.2 Å². The van der Waals surface area contributed by atoms with Gasteiger partial charge in [-0.3, -0.25) is 4.99 Å². The molecule has 0 saturated carbocycles. The molecule has 0 amide bonds. The minimum atomic E-state index is 0.0892. The maximum absolute atomic E-state index is 9.91. The molecule has 100 valence electrons. The molecule has 0 saturated heterocycles. The van der Waals surface area contributed by atoms with Crippen LogP contribution in [0.4, 0.5) is 5.69 Å². The molecule has 0 aliphatic heterocycles. The molecular formula is C16H14N2O2. The molecule has 4 heteroatoms. The van der Waals surface area contributed by atoms with E-state index in [0.717, 1.165) is 16.5 Å². The predicted molar refractivity (Wildman–Crippen MR) is 80.1 cm³/mol. The van der Waals surface area contributed by atoms with Crippen LogP contribution >= 0.6 is 0 Å².